The number of ether oxygens (including phenoxy) is 1. The van der Waals surface area contributed by atoms with Crippen molar-refractivity contribution in [3.05, 3.63) is 64.9 Å². The van der Waals surface area contributed by atoms with Gasteiger partial charge in [-0.2, -0.15) is 0 Å². The number of hydrogen-bond acceptors (Lipinski definition) is 2. The number of amides is 2. The van der Waals surface area contributed by atoms with E-state index in [9.17, 15) is 9.18 Å². The highest BCUT2D eigenvalue weighted by molar-refractivity contribution is 6.33. The lowest BCUT2D eigenvalue weighted by atomic mass is 10.1. The van der Waals surface area contributed by atoms with Gasteiger partial charge in [0.2, 0.25) is 0 Å². The first-order chi connectivity index (χ1) is 10.6. The van der Waals surface area contributed by atoms with Crippen LogP contribution < -0.4 is 10.6 Å². The van der Waals surface area contributed by atoms with Crippen LogP contribution in [0.15, 0.2) is 48.5 Å². The van der Waals surface area contributed by atoms with Gasteiger partial charge in [-0.1, -0.05) is 35.9 Å². The molecule has 1 unspecified atom stereocenters. The summed E-state index contributed by atoms with van der Waals surface area (Å²) in [5.41, 5.74) is 1.17. The van der Waals surface area contributed by atoms with Gasteiger partial charge < -0.3 is 15.4 Å². The molecule has 0 aromatic heterocycles. The largest absolute Gasteiger partial charge is 0.375 e. The van der Waals surface area contributed by atoms with E-state index >= 15 is 0 Å². The fourth-order valence-corrected chi connectivity index (χ4v) is 2.14. The number of carbonyl (C=O) groups is 1. The zero-order valence-corrected chi connectivity index (χ0v) is 12.7. The minimum Gasteiger partial charge on any atom is -0.375 e. The van der Waals surface area contributed by atoms with Crippen molar-refractivity contribution < 1.29 is 13.9 Å². The van der Waals surface area contributed by atoms with Crippen molar-refractivity contribution in [2.24, 2.45) is 0 Å². The summed E-state index contributed by atoms with van der Waals surface area (Å²) in [6.45, 7) is 0.205. The van der Waals surface area contributed by atoms with Crippen LogP contribution in [0.25, 0.3) is 0 Å². The SMILES string of the molecule is COC(CNC(=O)Nc1ccccc1Cl)c1cccc(F)c1. The van der Waals surface area contributed by atoms with Crippen LogP contribution in [0.1, 0.15) is 11.7 Å². The molecule has 2 aromatic rings. The molecular formula is C16H16ClFN2O2. The Labute approximate surface area is 133 Å². The van der Waals surface area contributed by atoms with Gasteiger partial charge in [0.1, 0.15) is 5.82 Å². The minimum absolute atomic E-state index is 0.205. The maximum Gasteiger partial charge on any atom is 0.319 e. The Balaban J connectivity index is 1.93. The number of hydrogen-bond donors (Lipinski definition) is 2. The van der Waals surface area contributed by atoms with Gasteiger partial charge in [0.05, 0.1) is 16.8 Å². The number of halogens is 2. The van der Waals surface area contributed by atoms with Crippen LogP contribution in [-0.4, -0.2) is 19.7 Å². The highest BCUT2D eigenvalue weighted by Gasteiger charge is 2.13. The molecule has 0 aliphatic rings. The Morgan fingerprint density at radius 3 is 2.73 bits per heavy atom. The molecule has 0 saturated heterocycles. The van der Waals surface area contributed by atoms with E-state index in [4.69, 9.17) is 16.3 Å². The van der Waals surface area contributed by atoms with Crippen LogP contribution in [0.2, 0.25) is 5.02 Å². The zero-order valence-electron chi connectivity index (χ0n) is 12.0. The molecule has 6 heteroatoms. The molecule has 22 heavy (non-hydrogen) atoms. The lowest BCUT2D eigenvalue weighted by Crippen LogP contribution is -2.33. The summed E-state index contributed by atoms with van der Waals surface area (Å²) in [7, 11) is 1.50. The second-order valence-electron chi connectivity index (χ2n) is 4.59. The second kappa shape index (κ2) is 7.77. The van der Waals surface area contributed by atoms with Crippen LogP contribution >= 0.6 is 11.6 Å². The normalized spacial score (nSPS) is 11.8. The number of nitrogens with one attached hydrogen (secondary N) is 2. The Bertz CT molecular complexity index is 652. The highest BCUT2D eigenvalue weighted by Crippen LogP contribution is 2.20. The predicted octanol–water partition coefficient (Wildman–Crippen LogP) is 3.99. The molecule has 116 valence electrons. The van der Waals surface area contributed by atoms with E-state index in [1.807, 2.05) is 0 Å². The van der Waals surface area contributed by atoms with Gasteiger partial charge >= 0.3 is 6.03 Å². The summed E-state index contributed by atoms with van der Waals surface area (Å²) in [6.07, 6.45) is -0.437. The molecule has 4 nitrogen and oxygen atoms in total. The Morgan fingerprint density at radius 2 is 2.05 bits per heavy atom. The molecule has 2 N–H and O–H groups in total. The average Bonchev–Trinajstić information content (AvgIpc) is 2.50. The molecule has 0 spiro atoms. The third-order valence-electron chi connectivity index (χ3n) is 3.08. The first kappa shape index (κ1) is 16.3. The van der Waals surface area contributed by atoms with Crippen LogP contribution in [0, 0.1) is 5.82 Å². The van der Waals surface area contributed by atoms with Crippen molar-refractivity contribution in [1.82, 2.24) is 5.32 Å². The van der Waals surface area contributed by atoms with Crippen LogP contribution in [0.3, 0.4) is 0 Å². The van der Waals surface area contributed by atoms with E-state index < -0.39 is 12.1 Å². The van der Waals surface area contributed by atoms with E-state index in [0.29, 0.717) is 16.3 Å². The van der Waals surface area contributed by atoms with Gasteiger partial charge in [0, 0.05) is 13.7 Å². The summed E-state index contributed by atoms with van der Waals surface area (Å²) in [4.78, 5) is 11.9. The Kier molecular flexibility index (Phi) is 5.75. The van der Waals surface area contributed by atoms with Crippen molar-refractivity contribution in [2.45, 2.75) is 6.10 Å². The number of carbonyl (C=O) groups excluding carboxylic acids is 1. The van der Waals surface area contributed by atoms with Crippen molar-refractivity contribution >= 4 is 23.3 Å². The van der Waals surface area contributed by atoms with Gasteiger partial charge in [0.15, 0.2) is 0 Å². The first-order valence-electron chi connectivity index (χ1n) is 6.68. The molecule has 0 radical (unpaired) electrons. The van der Waals surface area contributed by atoms with Gasteiger partial charge in [-0.25, -0.2) is 9.18 Å². The molecule has 0 aliphatic heterocycles. The van der Waals surface area contributed by atoms with E-state index in [1.54, 1.807) is 36.4 Å². The first-order valence-corrected chi connectivity index (χ1v) is 7.05. The number of urea groups is 1. The number of methoxy groups -OCH3 is 1. The Morgan fingerprint density at radius 1 is 1.27 bits per heavy atom. The fourth-order valence-electron chi connectivity index (χ4n) is 1.96. The van der Waals surface area contributed by atoms with Crippen molar-refractivity contribution in [3.63, 3.8) is 0 Å². The smallest absolute Gasteiger partial charge is 0.319 e. The zero-order chi connectivity index (χ0) is 15.9. The minimum atomic E-state index is -0.437. The number of para-hydroxylation sites is 1. The number of benzene rings is 2. The lowest BCUT2D eigenvalue weighted by molar-refractivity contribution is 0.104. The van der Waals surface area contributed by atoms with Gasteiger partial charge in [-0.15, -0.1) is 0 Å². The van der Waals surface area contributed by atoms with Crippen molar-refractivity contribution in [3.8, 4) is 0 Å². The molecular weight excluding hydrogens is 307 g/mol. The quantitative estimate of drug-likeness (QED) is 0.874. The van der Waals surface area contributed by atoms with Crippen molar-refractivity contribution in [2.75, 3.05) is 19.0 Å². The van der Waals surface area contributed by atoms with Gasteiger partial charge in [0.25, 0.3) is 0 Å². The molecule has 1 atom stereocenters. The lowest BCUT2D eigenvalue weighted by Gasteiger charge is -2.17. The topological polar surface area (TPSA) is 50.4 Å². The van der Waals surface area contributed by atoms with Crippen LogP contribution in [-0.2, 0) is 4.74 Å². The Hall–Kier alpha value is -2.11. The molecule has 0 fully saturated rings. The molecule has 0 saturated carbocycles. The number of anilines is 1. The van der Waals surface area contributed by atoms with E-state index in [2.05, 4.69) is 10.6 Å². The summed E-state index contributed by atoms with van der Waals surface area (Å²) < 4.78 is 18.5. The maximum atomic E-state index is 13.2. The van der Waals surface area contributed by atoms with E-state index in [-0.39, 0.29) is 12.4 Å². The maximum absolute atomic E-state index is 13.2. The number of rotatable bonds is 5. The van der Waals surface area contributed by atoms with E-state index in [0.717, 1.165) is 0 Å². The molecule has 2 rings (SSSR count). The standard InChI is InChI=1S/C16H16ClFN2O2/c1-22-15(11-5-4-6-12(18)9-11)10-19-16(21)20-14-8-3-2-7-13(14)17/h2-9,15H,10H2,1H3,(H2,19,20,21). The monoisotopic (exact) mass is 322 g/mol. The molecule has 2 aromatic carbocycles. The summed E-state index contributed by atoms with van der Waals surface area (Å²) in [5.74, 6) is -0.347. The molecule has 0 aliphatic carbocycles. The van der Waals surface area contributed by atoms with Crippen LogP contribution in [0.5, 0.6) is 0 Å². The van der Waals surface area contributed by atoms with Crippen molar-refractivity contribution in [1.29, 1.82) is 0 Å². The average molecular weight is 323 g/mol. The second-order valence-corrected chi connectivity index (χ2v) is 5.00. The third-order valence-corrected chi connectivity index (χ3v) is 3.40. The summed E-state index contributed by atoms with van der Waals surface area (Å²) in [6, 6.07) is 12.6. The molecule has 0 bridgehead atoms. The highest BCUT2D eigenvalue weighted by atomic mass is 35.5. The summed E-state index contributed by atoms with van der Waals surface area (Å²) in [5, 5.41) is 5.76. The predicted molar refractivity (Wildman–Crippen MR) is 84.6 cm³/mol. The third kappa shape index (κ3) is 4.44. The molecule has 2 amide bonds. The van der Waals surface area contributed by atoms with Crippen LogP contribution in [0.4, 0.5) is 14.9 Å². The summed E-state index contributed by atoms with van der Waals surface area (Å²) >= 11 is 5.96. The molecule has 0 heterocycles. The van der Waals surface area contributed by atoms with Gasteiger partial charge in [-0.3, -0.25) is 0 Å². The van der Waals surface area contributed by atoms with Gasteiger partial charge in [-0.05, 0) is 29.8 Å². The fraction of sp³-hybridized carbons (Fsp3) is 0.188. The van der Waals surface area contributed by atoms with E-state index in [1.165, 1.54) is 19.2 Å².